The van der Waals surface area contributed by atoms with E-state index in [1.807, 2.05) is 6.08 Å². The number of fused-ring (bicyclic) bond motifs is 15. The van der Waals surface area contributed by atoms with Crippen molar-refractivity contribution in [3.8, 4) is 67.5 Å². The lowest BCUT2D eigenvalue weighted by atomic mass is 9.67. The Morgan fingerprint density at radius 2 is 0.886 bits per heavy atom. The van der Waals surface area contributed by atoms with Gasteiger partial charge in [0, 0.05) is 17.3 Å². The van der Waals surface area contributed by atoms with Crippen LogP contribution in [0.15, 0.2) is 255 Å². The molecule has 10 aromatic carbocycles. The lowest BCUT2D eigenvalue weighted by Crippen LogP contribution is -2.29. The van der Waals surface area contributed by atoms with Crippen LogP contribution < -0.4 is 14.4 Å². The van der Waals surface area contributed by atoms with Crippen molar-refractivity contribution in [3.05, 3.63) is 294 Å². The highest BCUT2D eigenvalue weighted by atomic mass is 16.6. The lowest BCUT2D eigenvalue weighted by Gasteiger charge is -2.36. The largest absolute Gasteiger partial charge is 0.449 e. The number of nitrogens with zero attached hydrogens (tertiary/aromatic N) is 1. The molecule has 14 rings (SSSR count). The van der Waals surface area contributed by atoms with Crippen LogP contribution in [-0.2, 0) is 10.8 Å². The van der Waals surface area contributed by atoms with Crippen molar-refractivity contribution >= 4 is 17.1 Å². The minimum absolute atomic E-state index is 0.502. The van der Waals surface area contributed by atoms with Crippen LogP contribution in [0.5, 0.6) is 23.0 Å². The minimum Gasteiger partial charge on any atom is -0.449 e. The molecule has 0 saturated carbocycles. The van der Waals surface area contributed by atoms with Gasteiger partial charge in [-0.2, -0.15) is 0 Å². The number of allylic oxidation sites excluding steroid dienone is 3. The van der Waals surface area contributed by atoms with Crippen LogP contribution >= 0.6 is 0 Å². The maximum absolute atomic E-state index is 7.16. The van der Waals surface area contributed by atoms with Gasteiger partial charge in [0.2, 0.25) is 0 Å². The summed E-state index contributed by atoms with van der Waals surface area (Å²) in [4.78, 5) is 2.38. The molecular weight excluding hydrogens is 851 g/mol. The average Bonchev–Trinajstić information content (AvgIpc) is 4.00. The average molecular weight is 896 g/mol. The number of rotatable bonds is 7. The molecule has 1 unspecified atom stereocenters. The number of ether oxygens (including phenoxy) is 2. The second kappa shape index (κ2) is 15.3. The Labute approximate surface area is 408 Å². The Hall–Kier alpha value is -8.92. The summed E-state index contributed by atoms with van der Waals surface area (Å²) in [5.41, 5.74) is 21.3. The summed E-state index contributed by atoms with van der Waals surface area (Å²) in [5.74, 6) is 2.72. The summed E-state index contributed by atoms with van der Waals surface area (Å²) in [7, 11) is 0. The molecule has 0 saturated heterocycles. The maximum Gasteiger partial charge on any atom is 0.172 e. The number of benzene rings is 10. The maximum atomic E-state index is 7.16. The minimum atomic E-state index is -0.599. The summed E-state index contributed by atoms with van der Waals surface area (Å²) in [6, 6.07) is 83.5. The van der Waals surface area contributed by atoms with E-state index < -0.39 is 10.8 Å². The van der Waals surface area contributed by atoms with Crippen LogP contribution in [0.2, 0.25) is 0 Å². The Morgan fingerprint density at radius 1 is 0.400 bits per heavy atom. The van der Waals surface area contributed by atoms with Crippen LogP contribution in [-0.4, -0.2) is 0 Å². The molecule has 1 atom stereocenters. The van der Waals surface area contributed by atoms with E-state index >= 15 is 0 Å². The van der Waals surface area contributed by atoms with Gasteiger partial charge in [0.15, 0.2) is 23.0 Å². The monoisotopic (exact) mass is 895 g/mol. The van der Waals surface area contributed by atoms with Crippen LogP contribution in [0.1, 0.15) is 45.9 Å². The third kappa shape index (κ3) is 5.40. The van der Waals surface area contributed by atoms with Gasteiger partial charge in [-0.05, 0) is 133 Å². The number of hydrogen-bond donors (Lipinski definition) is 0. The van der Waals surface area contributed by atoms with E-state index in [0.717, 1.165) is 39.3 Å². The molecule has 0 aromatic heterocycles. The van der Waals surface area contributed by atoms with E-state index in [-0.39, 0.29) is 0 Å². The highest BCUT2D eigenvalue weighted by Gasteiger charge is 2.52. The first kappa shape index (κ1) is 40.2. The lowest BCUT2D eigenvalue weighted by molar-refractivity contribution is 0.359. The van der Waals surface area contributed by atoms with E-state index in [0.29, 0.717) is 23.0 Å². The van der Waals surface area contributed by atoms with E-state index in [2.05, 4.69) is 255 Å². The fourth-order valence-electron chi connectivity index (χ4n) is 12.6. The predicted octanol–water partition coefficient (Wildman–Crippen LogP) is 17.5. The summed E-state index contributed by atoms with van der Waals surface area (Å²) < 4.78 is 14.1. The van der Waals surface area contributed by atoms with Gasteiger partial charge >= 0.3 is 0 Å². The second-order valence-corrected chi connectivity index (χ2v) is 18.6. The fraction of sp³-hybridized carbons (Fsp3) is 0.0448. The van der Waals surface area contributed by atoms with Crippen LogP contribution in [0, 0.1) is 0 Å². The zero-order chi connectivity index (χ0) is 46.6. The Morgan fingerprint density at radius 3 is 1.54 bits per heavy atom. The van der Waals surface area contributed by atoms with Crippen LogP contribution in [0.25, 0.3) is 44.5 Å². The molecule has 10 aromatic rings. The number of hydrogen-bond acceptors (Lipinski definition) is 3. The van der Waals surface area contributed by atoms with Gasteiger partial charge in [0.05, 0.1) is 22.2 Å². The van der Waals surface area contributed by atoms with Gasteiger partial charge in [-0.15, -0.1) is 0 Å². The molecule has 3 heteroatoms. The van der Waals surface area contributed by atoms with Crippen molar-refractivity contribution in [2.45, 2.75) is 17.8 Å². The summed E-state index contributed by atoms with van der Waals surface area (Å²) in [5, 5.41) is 0. The van der Waals surface area contributed by atoms with Gasteiger partial charge in [-0.1, -0.05) is 201 Å². The quantitative estimate of drug-likeness (QED) is 0.149. The third-order valence-electron chi connectivity index (χ3n) is 15.4. The van der Waals surface area contributed by atoms with Crippen LogP contribution in [0.3, 0.4) is 0 Å². The predicted molar refractivity (Wildman–Crippen MR) is 285 cm³/mol. The first-order valence-corrected chi connectivity index (χ1v) is 24.1. The van der Waals surface area contributed by atoms with Crippen molar-refractivity contribution in [2.75, 3.05) is 4.90 Å². The molecule has 330 valence electrons. The van der Waals surface area contributed by atoms with Gasteiger partial charge < -0.3 is 14.4 Å². The molecule has 4 aliphatic rings. The van der Waals surface area contributed by atoms with E-state index in [4.69, 9.17) is 9.47 Å². The molecule has 1 spiro atoms. The molecule has 3 aliphatic carbocycles. The van der Waals surface area contributed by atoms with Gasteiger partial charge in [-0.25, -0.2) is 0 Å². The van der Waals surface area contributed by atoms with Crippen molar-refractivity contribution < 1.29 is 9.47 Å². The van der Waals surface area contributed by atoms with Gasteiger partial charge in [0.1, 0.15) is 0 Å². The zero-order valence-corrected chi connectivity index (χ0v) is 38.6. The summed E-state index contributed by atoms with van der Waals surface area (Å²) >= 11 is 0. The standard InChI is InChI=1S/C67H45NO2/c1-3-44(4-2)66(45-23-9-6-10-24-45)55-30-16-11-28-51(55)53-37-35-46(39-59(53)66)68(61-34-20-15-25-48(61)43-21-7-5-8-22-43)47-36-38-62-63(40-47)70-65-42-60-54(41-64(65)69-62)52-29-14-19-33-58(52)67(60)56-31-17-12-26-49(56)50-27-13-18-32-57(50)67/h3-42H,1H2,2H3/b44-4+. The Balaban J connectivity index is 0.958. The molecule has 0 bridgehead atoms. The molecular formula is C67H45NO2. The molecule has 1 aliphatic heterocycles. The molecule has 3 nitrogen and oxygen atoms in total. The first-order chi connectivity index (χ1) is 34.6. The third-order valence-corrected chi connectivity index (χ3v) is 15.4. The van der Waals surface area contributed by atoms with E-state index in [9.17, 15) is 0 Å². The van der Waals surface area contributed by atoms with Crippen molar-refractivity contribution in [1.29, 1.82) is 0 Å². The molecule has 0 N–H and O–H groups in total. The molecule has 0 fully saturated rings. The van der Waals surface area contributed by atoms with E-state index in [1.165, 1.54) is 66.8 Å². The second-order valence-electron chi connectivity index (χ2n) is 18.6. The highest BCUT2D eigenvalue weighted by Crippen LogP contribution is 2.65. The van der Waals surface area contributed by atoms with E-state index in [1.54, 1.807) is 0 Å². The fourth-order valence-corrected chi connectivity index (χ4v) is 12.6. The highest BCUT2D eigenvalue weighted by molar-refractivity contribution is 5.97. The summed E-state index contributed by atoms with van der Waals surface area (Å²) in [6.45, 7) is 6.54. The van der Waals surface area contributed by atoms with Crippen molar-refractivity contribution in [1.82, 2.24) is 0 Å². The molecule has 0 amide bonds. The van der Waals surface area contributed by atoms with Gasteiger partial charge in [-0.3, -0.25) is 0 Å². The van der Waals surface area contributed by atoms with Gasteiger partial charge in [0.25, 0.3) is 0 Å². The normalized spacial score (nSPS) is 15.8. The Bertz CT molecular complexity index is 3780. The zero-order valence-electron chi connectivity index (χ0n) is 38.6. The molecule has 70 heavy (non-hydrogen) atoms. The molecule has 0 radical (unpaired) electrons. The first-order valence-electron chi connectivity index (χ1n) is 24.1. The smallest absolute Gasteiger partial charge is 0.172 e. The SMILES string of the molecule is C=C/C(=C\C)C1(c2ccccc2)c2ccccc2-c2ccc(N(c3ccc4c(c3)Oc3cc5c(cc3O4)-c3ccccc3C53c4ccccc4-c4ccccc43)c3ccccc3-c3ccccc3)cc21. The molecule has 1 heterocycles. The van der Waals surface area contributed by atoms with Crippen molar-refractivity contribution in [2.24, 2.45) is 0 Å². The Kier molecular flexibility index (Phi) is 8.78. The van der Waals surface area contributed by atoms with Crippen molar-refractivity contribution in [3.63, 3.8) is 0 Å². The number of anilines is 3. The van der Waals surface area contributed by atoms with Crippen LogP contribution in [0.4, 0.5) is 17.1 Å². The summed E-state index contributed by atoms with van der Waals surface area (Å²) in [6.07, 6.45) is 4.26. The number of para-hydroxylation sites is 1. The topological polar surface area (TPSA) is 21.7 Å².